The number of hydroxylamine groups is 2. The molecule has 1 atom stereocenters. The lowest BCUT2D eigenvalue weighted by Gasteiger charge is -2.21. The molecule has 3 aromatic carbocycles. The van der Waals surface area contributed by atoms with Gasteiger partial charge in [0, 0.05) is 30.6 Å². The molecule has 28 heteroatoms. The fraction of sp³-hybridized carbons (Fsp3) is 0.556. The van der Waals surface area contributed by atoms with E-state index in [1.807, 2.05) is 32.0 Å². The van der Waals surface area contributed by atoms with Gasteiger partial charge in [-0.05, 0) is 48.7 Å². The van der Waals surface area contributed by atoms with Crippen LogP contribution < -0.4 is 20.5 Å². The van der Waals surface area contributed by atoms with Crippen molar-refractivity contribution in [1.29, 1.82) is 0 Å². The molecule has 5 N–H and O–H groups in total. The number of halogens is 4. The van der Waals surface area contributed by atoms with Crippen molar-refractivity contribution in [3.63, 3.8) is 0 Å². The maximum absolute atomic E-state index is 14.0. The summed E-state index contributed by atoms with van der Waals surface area (Å²) in [5, 5.41) is 13.3. The summed E-state index contributed by atoms with van der Waals surface area (Å²) >= 11 is -3.36. The molecule has 0 saturated heterocycles. The van der Waals surface area contributed by atoms with Gasteiger partial charge >= 0.3 is 5.97 Å². The molecule has 0 radical (unpaired) electrons. The minimum atomic E-state index is -3.36. The average Bonchev–Trinajstić information content (AvgIpc) is 3.78. The lowest BCUT2D eigenvalue weighted by atomic mass is 9.99. The normalized spacial score (nSPS) is 12.6. The first-order chi connectivity index (χ1) is 39.8. The van der Waals surface area contributed by atoms with Crippen LogP contribution in [0.2, 0.25) is 0 Å². The van der Waals surface area contributed by atoms with Gasteiger partial charge < -0.3 is 77.6 Å². The van der Waals surface area contributed by atoms with Gasteiger partial charge in [0.05, 0.1) is 163 Å². The molecular weight excluding hydrogens is 1120 g/mol. The van der Waals surface area contributed by atoms with Crippen molar-refractivity contribution < 1.29 is 107 Å². The summed E-state index contributed by atoms with van der Waals surface area (Å²) in [5.74, 6) is -11.6. The summed E-state index contributed by atoms with van der Waals surface area (Å²) in [4.78, 5) is 46.6. The number of aliphatic imine (C=N–C) groups is 1. The molecule has 23 nitrogen and oxygen atoms in total. The molecular formula is C54H74F4N4O19S. The molecule has 0 spiro atoms. The number of benzene rings is 3. The Bertz CT molecular complexity index is 2480. The van der Waals surface area contributed by atoms with E-state index in [-0.39, 0.29) is 83.1 Å². The van der Waals surface area contributed by atoms with Crippen molar-refractivity contribution in [2.45, 2.75) is 38.0 Å². The average molecular weight is 1190 g/mol. The van der Waals surface area contributed by atoms with E-state index in [4.69, 9.17) is 67.2 Å². The summed E-state index contributed by atoms with van der Waals surface area (Å²) in [5.41, 5.74) is 9.88. The van der Waals surface area contributed by atoms with Crippen LogP contribution in [0.3, 0.4) is 0 Å². The highest BCUT2D eigenvalue weighted by Crippen LogP contribution is 2.35. The van der Waals surface area contributed by atoms with Crippen LogP contribution in [0.15, 0.2) is 51.9 Å². The number of rotatable bonds is 45. The molecule has 4 rings (SSSR count). The molecule has 0 aromatic heterocycles. The highest BCUT2D eigenvalue weighted by molar-refractivity contribution is 7.79. The van der Waals surface area contributed by atoms with Crippen molar-refractivity contribution in [3.05, 3.63) is 76.4 Å². The zero-order valence-electron chi connectivity index (χ0n) is 46.1. The minimum absolute atomic E-state index is 0.0474. The van der Waals surface area contributed by atoms with Crippen LogP contribution in [0.5, 0.6) is 11.5 Å². The molecule has 0 aliphatic carbocycles. The van der Waals surface area contributed by atoms with Crippen LogP contribution in [-0.2, 0) is 72.9 Å². The number of carbonyl (C=O) groups excluding carboxylic acids is 3. The standard InChI is InChI=1S/C54H74F4N4O19S/c1-3-11-62(80-4-2)54(66)41-34-40-6-5-38(35-43(40)61-45(59)37-41)39-7-8-42(53(65)60-10-12-63)44(36-39)79-33-32-78-31-30-77-29-28-76-27-26-75-25-24-74-23-22-73-21-20-72-19-18-71-17-16-70-15-14-69-13-9-46(64)81-51-47(55)49(57)52(82(67)68)50(58)48(51)56/h5-8,34-36,63H,3-4,9-33,37H2,1-2H3,(H2,59,61)(H,60,65)(H,67,68). The van der Waals surface area contributed by atoms with Crippen molar-refractivity contribution >= 4 is 46.5 Å². The third kappa shape index (κ3) is 25.1. The first-order valence-corrected chi connectivity index (χ1v) is 27.6. The van der Waals surface area contributed by atoms with Crippen molar-refractivity contribution in [3.8, 4) is 22.6 Å². The maximum atomic E-state index is 14.0. The zero-order valence-corrected chi connectivity index (χ0v) is 46.9. The predicted octanol–water partition coefficient (Wildman–Crippen LogP) is 4.72. The van der Waals surface area contributed by atoms with E-state index in [1.165, 1.54) is 5.06 Å². The Labute approximate surface area is 475 Å². The Kier molecular flexibility index (Phi) is 34.1. The first kappa shape index (κ1) is 68.9. The van der Waals surface area contributed by atoms with Gasteiger partial charge in [-0.2, -0.15) is 8.78 Å². The molecule has 2 amide bonds. The number of nitrogens with zero attached hydrogens (tertiary/aromatic N) is 2. The number of carbonyl (C=O) groups is 3. The number of hydrogen-bond acceptors (Lipinski definition) is 20. The number of esters is 1. The monoisotopic (exact) mass is 1190 g/mol. The SMILES string of the molecule is CCCN(OCC)C(=O)C1=Cc2ccc(-c3ccc(C(=O)NCCO)c(OCCOCCOCCOCCOCCOCCOCCOCCOCCOCCOCCC(=O)Oc4c(F)c(F)c(S(=O)O)c(F)c4F)c3)cc2N=C(N)C1. The summed E-state index contributed by atoms with van der Waals surface area (Å²) < 4.78 is 140. The largest absolute Gasteiger partial charge is 0.490 e. The van der Waals surface area contributed by atoms with Crippen molar-refractivity contribution in [2.24, 2.45) is 10.7 Å². The second-order valence-electron chi connectivity index (χ2n) is 17.1. The van der Waals surface area contributed by atoms with Gasteiger partial charge in [0.2, 0.25) is 17.4 Å². The minimum Gasteiger partial charge on any atom is -0.490 e. The second kappa shape index (κ2) is 40.6. The van der Waals surface area contributed by atoms with Gasteiger partial charge in [-0.25, -0.2) is 23.0 Å². The molecule has 1 aliphatic heterocycles. The van der Waals surface area contributed by atoms with Crippen LogP contribution >= 0.6 is 0 Å². The maximum Gasteiger partial charge on any atom is 0.313 e. The number of nitrogens with one attached hydrogen (secondary N) is 1. The molecule has 0 saturated carbocycles. The van der Waals surface area contributed by atoms with E-state index in [0.717, 1.165) is 23.1 Å². The van der Waals surface area contributed by atoms with E-state index in [0.29, 0.717) is 123 Å². The lowest BCUT2D eigenvalue weighted by molar-refractivity contribution is -0.180. The number of nitrogens with two attached hydrogens (primary N) is 1. The van der Waals surface area contributed by atoms with E-state index < -0.39 is 63.3 Å². The van der Waals surface area contributed by atoms with E-state index in [9.17, 15) is 41.3 Å². The smallest absolute Gasteiger partial charge is 0.313 e. The molecule has 0 bridgehead atoms. The fourth-order valence-corrected chi connectivity index (χ4v) is 7.66. The van der Waals surface area contributed by atoms with Gasteiger partial charge in [0.1, 0.15) is 23.1 Å². The summed E-state index contributed by atoms with van der Waals surface area (Å²) in [7, 11) is 0. The molecule has 458 valence electrons. The number of amides is 2. The number of hydrogen-bond donors (Lipinski definition) is 4. The highest BCUT2D eigenvalue weighted by atomic mass is 32.2. The molecule has 1 unspecified atom stereocenters. The van der Waals surface area contributed by atoms with Gasteiger partial charge in [-0.3, -0.25) is 19.2 Å². The zero-order chi connectivity index (χ0) is 59.3. The molecule has 1 heterocycles. The summed E-state index contributed by atoms with van der Waals surface area (Å²) in [6.45, 7) is 10.4. The number of aliphatic hydroxyl groups is 1. The quantitative estimate of drug-likeness (QED) is 0.0113. The second-order valence-corrected chi connectivity index (χ2v) is 18.0. The van der Waals surface area contributed by atoms with Crippen LogP contribution in [0.25, 0.3) is 17.2 Å². The molecule has 0 fully saturated rings. The molecule has 1 aliphatic rings. The highest BCUT2D eigenvalue weighted by Gasteiger charge is 2.31. The van der Waals surface area contributed by atoms with Gasteiger partial charge in [0.15, 0.2) is 22.7 Å². The third-order valence-electron chi connectivity index (χ3n) is 11.0. The Balaban J connectivity index is 0.933. The molecule has 3 aromatic rings. The van der Waals surface area contributed by atoms with E-state index >= 15 is 0 Å². The number of ether oxygens (including phenoxy) is 12. The number of amidine groups is 1. The van der Waals surface area contributed by atoms with Crippen molar-refractivity contribution in [2.75, 3.05) is 165 Å². The Morgan fingerprint density at radius 2 is 1.12 bits per heavy atom. The first-order valence-electron chi connectivity index (χ1n) is 26.5. The van der Waals surface area contributed by atoms with Crippen LogP contribution in [0.4, 0.5) is 23.2 Å². The Morgan fingerprint density at radius 3 is 1.59 bits per heavy atom. The van der Waals surface area contributed by atoms with Crippen LogP contribution in [-0.4, -0.2) is 208 Å². The molecule has 82 heavy (non-hydrogen) atoms. The van der Waals surface area contributed by atoms with Gasteiger partial charge in [-0.1, -0.05) is 25.1 Å². The fourth-order valence-electron chi connectivity index (χ4n) is 7.17. The summed E-state index contributed by atoms with van der Waals surface area (Å²) in [6, 6.07) is 10.8. The van der Waals surface area contributed by atoms with Gasteiger partial charge in [0.25, 0.3) is 11.8 Å². The van der Waals surface area contributed by atoms with Crippen LogP contribution in [0, 0.1) is 23.3 Å². The third-order valence-corrected chi connectivity index (χ3v) is 11.7. The number of aliphatic hydroxyl groups excluding tert-OH is 1. The topological polar surface area (TPSA) is 282 Å². The van der Waals surface area contributed by atoms with Crippen LogP contribution in [0.1, 0.15) is 49.0 Å². The lowest BCUT2D eigenvalue weighted by Crippen LogP contribution is -2.34. The Morgan fingerprint density at radius 1 is 0.659 bits per heavy atom. The number of fused-ring (bicyclic) bond motifs is 1. The van der Waals surface area contributed by atoms with Crippen molar-refractivity contribution in [1.82, 2.24) is 10.4 Å². The van der Waals surface area contributed by atoms with Gasteiger partial charge in [-0.15, -0.1) is 0 Å². The Hall–Kier alpha value is -5.57. The van der Waals surface area contributed by atoms with E-state index in [2.05, 4.69) is 15.0 Å². The summed E-state index contributed by atoms with van der Waals surface area (Å²) in [6.07, 6.45) is 2.16. The van der Waals surface area contributed by atoms with E-state index in [1.54, 1.807) is 24.3 Å². The predicted molar refractivity (Wildman–Crippen MR) is 288 cm³/mol.